The summed E-state index contributed by atoms with van der Waals surface area (Å²) in [6.45, 7) is 3.10. The normalized spacial score (nSPS) is 12.7. The Labute approximate surface area is 160 Å². The molecule has 0 aliphatic heterocycles. The number of hydrogen-bond acceptors (Lipinski definition) is 5. The molecule has 2 heterocycles. The van der Waals surface area contributed by atoms with Crippen LogP contribution in [0.4, 0.5) is 0 Å². The van der Waals surface area contributed by atoms with Gasteiger partial charge in [0.15, 0.2) is 0 Å². The summed E-state index contributed by atoms with van der Waals surface area (Å²) in [6, 6.07) is 11.9. The lowest BCUT2D eigenvalue weighted by Crippen LogP contribution is -2.37. The number of carbonyl (C=O) groups excluding carboxylic acids is 1. The molecule has 132 valence electrons. The Balaban J connectivity index is 1.62. The zero-order valence-electron chi connectivity index (χ0n) is 14.4. The highest BCUT2D eigenvalue weighted by molar-refractivity contribution is 7.18. The third kappa shape index (κ3) is 4.39. The highest BCUT2D eigenvalue weighted by atomic mass is 35.5. The van der Waals surface area contributed by atoms with Crippen molar-refractivity contribution in [2.75, 3.05) is 20.6 Å². The SMILES string of the molecule is C[C@@H](c1nc2ccccc2s1)N(C)C(=O)CN(C)Cc1ccc(Cl)s1. The van der Waals surface area contributed by atoms with E-state index in [-0.39, 0.29) is 11.9 Å². The summed E-state index contributed by atoms with van der Waals surface area (Å²) in [7, 11) is 3.79. The molecule has 0 aliphatic carbocycles. The largest absolute Gasteiger partial charge is 0.335 e. The second-order valence-electron chi connectivity index (χ2n) is 6.08. The maximum absolute atomic E-state index is 12.6. The van der Waals surface area contributed by atoms with Gasteiger partial charge < -0.3 is 4.90 Å². The fourth-order valence-electron chi connectivity index (χ4n) is 2.55. The van der Waals surface area contributed by atoms with Crippen LogP contribution < -0.4 is 0 Å². The molecule has 0 bridgehead atoms. The topological polar surface area (TPSA) is 36.4 Å². The van der Waals surface area contributed by atoms with Crippen molar-refractivity contribution in [1.82, 2.24) is 14.8 Å². The monoisotopic (exact) mass is 393 g/mol. The number of halogens is 1. The van der Waals surface area contributed by atoms with E-state index >= 15 is 0 Å². The zero-order valence-corrected chi connectivity index (χ0v) is 16.8. The number of thiophene rings is 1. The van der Waals surface area contributed by atoms with Gasteiger partial charge in [-0.3, -0.25) is 9.69 Å². The van der Waals surface area contributed by atoms with E-state index in [0.717, 1.165) is 24.4 Å². The molecule has 1 atom stereocenters. The maximum Gasteiger partial charge on any atom is 0.237 e. The molecule has 3 aromatic rings. The van der Waals surface area contributed by atoms with Crippen LogP contribution in [0, 0.1) is 0 Å². The molecule has 0 fully saturated rings. The predicted octanol–water partition coefficient (Wildman–Crippen LogP) is 4.66. The Hall–Kier alpha value is -1.47. The number of fused-ring (bicyclic) bond motifs is 1. The Morgan fingerprint density at radius 1 is 1.20 bits per heavy atom. The van der Waals surface area contributed by atoms with Crippen molar-refractivity contribution in [3.05, 3.63) is 50.6 Å². The van der Waals surface area contributed by atoms with Crippen LogP contribution in [0.3, 0.4) is 0 Å². The molecular weight excluding hydrogens is 374 g/mol. The highest BCUT2D eigenvalue weighted by Crippen LogP contribution is 2.29. The van der Waals surface area contributed by atoms with Crippen LogP contribution in [0.1, 0.15) is 22.9 Å². The average molecular weight is 394 g/mol. The third-order valence-electron chi connectivity index (χ3n) is 4.10. The van der Waals surface area contributed by atoms with Crippen LogP contribution >= 0.6 is 34.3 Å². The standard InChI is InChI=1S/C18H20ClN3OS2/c1-12(18-20-14-6-4-5-7-15(14)25-18)22(3)17(23)11-21(2)10-13-8-9-16(19)24-13/h4-9,12H,10-11H2,1-3H3/t12-/m0/s1. The number of rotatable bonds is 6. The number of thiazole rings is 1. The van der Waals surface area contributed by atoms with Gasteiger partial charge in [-0.25, -0.2) is 4.98 Å². The lowest BCUT2D eigenvalue weighted by Gasteiger charge is -2.25. The van der Waals surface area contributed by atoms with E-state index in [1.165, 1.54) is 0 Å². The Bertz CT molecular complexity index is 843. The lowest BCUT2D eigenvalue weighted by atomic mass is 10.3. The molecule has 0 unspecified atom stereocenters. The molecule has 2 aromatic heterocycles. The highest BCUT2D eigenvalue weighted by Gasteiger charge is 2.21. The summed E-state index contributed by atoms with van der Waals surface area (Å²) in [5.41, 5.74) is 0.988. The van der Waals surface area contributed by atoms with Crippen molar-refractivity contribution in [1.29, 1.82) is 0 Å². The Morgan fingerprint density at radius 3 is 2.64 bits per heavy atom. The summed E-state index contributed by atoms with van der Waals surface area (Å²) in [5, 5.41) is 0.963. The Morgan fingerprint density at radius 2 is 1.96 bits per heavy atom. The number of nitrogens with zero attached hydrogens (tertiary/aromatic N) is 3. The molecule has 3 rings (SSSR count). The molecule has 7 heteroatoms. The second-order valence-corrected chi connectivity index (χ2v) is 8.94. The van der Waals surface area contributed by atoms with Crippen LogP contribution in [0.5, 0.6) is 0 Å². The number of para-hydroxylation sites is 1. The molecule has 4 nitrogen and oxygen atoms in total. The number of amides is 1. The fraction of sp³-hybridized carbons (Fsp3) is 0.333. The number of likely N-dealkylation sites (N-methyl/N-ethyl adjacent to an activating group) is 2. The minimum Gasteiger partial charge on any atom is -0.335 e. The van der Waals surface area contributed by atoms with E-state index in [9.17, 15) is 4.79 Å². The smallest absolute Gasteiger partial charge is 0.237 e. The van der Waals surface area contributed by atoms with Crippen LogP contribution in [0.2, 0.25) is 4.34 Å². The van der Waals surface area contributed by atoms with Gasteiger partial charge >= 0.3 is 0 Å². The molecule has 25 heavy (non-hydrogen) atoms. The van der Waals surface area contributed by atoms with Gasteiger partial charge in [-0.05, 0) is 38.2 Å². The number of aromatic nitrogens is 1. The summed E-state index contributed by atoms with van der Waals surface area (Å²) < 4.78 is 1.92. The van der Waals surface area contributed by atoms with Gasteiger partial charge in [0.2, 0.25) is 5.91 Å². The number of benzene rings is 1. The van der Waals surface area contributed by atoms with Crippen molar-refractivity contribution in [3.63, 3.8) is 0 Å². The second kappa shape index (κ2) is 7.83. The van der Waals surface area contributed by atoms with Crippen molar-refractivity contribution < 1.29 is 4.79 Å². The van der Waals surface area contributed by atoms with E-state index in [4.69, 9.17) is 11.6 Å². The van der Waals surface area contributed by atoms with Crippen LogP contribution in [0.15, 0.2) is 36.4 Å². The predicted molar refractivity (Wildman–Crippen MR) is 106 cm³/mol. The van der Waals surface area contributed by atoms with Gasteiger partial charge in [0, 0.05) is 18.5 Å². The van der Waals surface area contributed by atoms with E-state index < -0.39 is 0 Å². The molecule has 1 amide bonds. The Kier molecular flexibility index (Phi) is 5.74. The molecule has 0 saturated carbocycles. The van der Waals surface area contributed by atoms with Gasteiger partial charge in [0.1, 0.15) is 5.01 Å². The van der Waals surface area contributed by atoms with Crippen LogP contribution in [0.25, 0.3) is 10.2 Å². The summed E-state index contributed by atoms with van der Waals surface area (Å²) in [5.74, 6) is 0.0805. The van der Waals surface area contributed by atoms with Crippen molar-refractivity contribution >= 4 is 50.4 Å². The van der Waals surface area contributed by atoms with E-state index in [1.54, 1.807) is 27.6 Å². The van der Waals surface area contributed by atoms with E-state index in [2.05, 4.69) is 11.1 Å². The fourth-order valence-corrected chi connectivity index (χ4v) is 4.78. The molecule has 0 spiro atoms. The lowest BCUT2D eigenvalue weighted by molar-refractivity contribution is -0.132. The van der Waals surface area contributed by atoms with Crippen molar-refractivity contribution in [3.8, 4) is 0 Å². The van der Waals surface area contributed by atoms with Gasteiger partial charge in [-0.2, -0.15) is 0 Å². The van der Waals surface area contributed by atoms with Crippen LogP contribution in [-0.4, -0.2) is 41.3 Å². The summed E-state index contributed by atoms with van der Waals surface area (Å²) in [4.78, 5) is 22.2. The molecule has 0 saturated heterocycles. The first-order valence-electron chi connectivity index (χ1n) is 7.98. The van der Waals surface area contributed by atoms with E-state index in [0.29, 0.717) is 13.1 Å². The molecule has 0 aliphatic rings. The van der Waals surface area contributed by atoms with E-state index in [1.807, 2.05) is 56.3 Å². The molecule has 0 N–H and O–H groups in total. The van der Waals surface area contributed by atoms with Crippen molar-refractivity contribution in [2.45, 2.75) is 19.5 Å². The quantitative estimate of drug-likeness (QED) is 0.611. The molecular formula is C18H20ClN3OS2. The summed E-state index contributed by atoms with van der Waals surface area (Å²) >= 11 is 9.15. The first kappa shape index (κ1) is 18.3. The van der Waals surface area contributed by atoms with Crippen molar-refractivity contribution in [2.24, 2.45) is 0 Å². The van der Waals surface area contributed by atoms with Gasteiger partial charge in [-0.1, -0.05) is 23.7 Å². The number of hydrogen-bond donors (Lipinski definition) is 0. The molecule has 1 aromatic carbocycles. The zero-order chi connectivity index (χ0) is 18.0. The minimum absolute atomic E-state index is 0.0468. The summed E-state index contributed by atoms with van der Waals surface area (Å²) in [6.07, 6.45) is 0. The van der Waals surface area contributed by atoms with Gasteiger partial charge in [0.05, 0.1) is 27.1 Å². The number of carbonyl (C=O) groups is 1. The van der Waals surface area contributed by atoms with Gasteiger partial charge in [-0.15, -0.1) is 22.7 Å². The minimum atomic E-state index is -0.0468. The maximum atomic E-state index is 12.6. The first-order valence-corrected chi connectivity index (χ1v) is 9.99. The van der Waals surface area contributed by atoms with Gasteiger partial charge in [0.25, 0.3) is 0 Å². The first-order chi connectivity index (χ1) is 11.9. The third-order valence-corrected chi connectivity index (χ3v) is 6.52. The molecule has 0 radical (unpaired) electrons. The average Bonchev–Trinajstić information content (AvgIpc) is 3.19. The van der Waals surface area contributed by atoms with Crippen LogP contribution in [-0.2, 0) is 11.3 Å².